The number of benzene rings is 1. The maximum absolute atomic E-state index is 12.0. The average molecular weight is 408 g/mol. The molecule has 3 N–H and O–H groups in total. The monoisotopic (exact) mass is 408 g/mol. The molecule has 1 aromatic carbocycles. The molecule has 0 atom stereocenters. The minimum absolute atomic E-state index is 0.0626. The molecule has 1 amide bonds. The van der Waals surface area contributed by atoms with Crippen LogP contribution in [0.2, 0.25) is 0 Å². The van der Waals surface area contributed by atoms with E-state index >= 15 is 0 Å². The Morgan fingerprint density at radius 1 is 1.27 bits per heavy atom. The zero-order valence-electron chi connectivity index (χ0n) is 17.2. The SMILES string of the molecule is CC(C)(C)NC(=O)COc1cccc(-c2nc3c(c(Nc4cn[nH]c4)n2)COC3)c1. The average Bonchev–Trinajstić information content (AvgIpc) is 3.37. The molecule has 30 heavy (non-hydrogen) atoms. The highest BCUT2D eigenvalue weighted by Crippen LogP contribution is 2.30. The Bertz CT molecular complexity index is 1040. The fourth-order valence-corrected chi connectivity index (χ4v) is 3.07. The molecule has 0 spiro atoms. The number of hydrogen-bond donors (Lipinski definition) is 3. The summed E-state index contributed by atoms with van der Waals surface area (Å²) in [6, 6.07) is 7.38. The van der Waals surface area contributed by atoms with E-state index in [1.165, 1.54) is 0 Å². The normalized spacial score (nSPS) is 13.0. The van der Waals surface area contributed by atoms with Crippen molar-refractivity contribution in [2.24, 2.45) is 0 Å². The molecule has 156 valence electrons. The lowest BCUT2D eigenvalue weighted by Gasteiger charge is -2.20. The lowest BCUT2D eigenvalue weighted by molar-refractivity contribution is -0.124. The van der Waals surface area contributed by atoms with Crippen LogP contribution in [0.5, 0.6) is 5.75 Å². The molecule has 1 aliphatic rings. The van der Waals surface area contributed by atoms with Crippen LogP contribution in [0.3, 0.4) is 0 Å². The first-order valence-corrected chi connectivity index (χ1v) is 9.65. The zero-order chi connectivity index (χ0) is 21.1. The summed E-state index contributed by atoms with van der Waals surface area (Å²) in [5.41, 5.74) is 3.07. The molecule has 1 aliphatic heterocycles. The van der Waals surface area contributed by atoms with Gasteiger partial charge < -0.3 is 20.1 Å². The number of rotatable bonds is 6. The predicted molar refractivity (Wildman–Crippen MR) is 111 cm³/mol. The van der Waals surface area contributed by atoms with Crippen LogP contribution < -0.4 is 15.4 Å². The fourth-order valence-electron chi connectivity index (χ4n) is 3.07. The van der Waals surface area contributed by atoms with Gasteiger partial charge in [-0.2, -0.15) is 5.10 Å². The van der Waals surface area contributed by atoms with Crippen molar-refractivity contribution in [3.8, 4) is 17.1 Å². The Morgan fingerprint density at radius 2 is 2.13 bits per heavy atom. The number of H-pyrrole nitrogens is 1. The van der Waals surface area contributed by atoms with E-state index in [1.54, 1.807) is 18.5 Å². The second-order valence-corrected chi connectivity index (χ2v) is 8.04. The molecule has 0 saturated heterocycles. The van der Waals surface area contributed by atoms with Gasteiger partial charge in [-0.15, -0.1) is 0 Å². The smallest absolute Gasteiger partial charge is 0.258 e. The summed E-state index contributed by atoms with van der Waals surface area (Å²) < 4.78 is 11.2. The van der Waals surface area contributed by atoms with Gasteiger partial charge in [-0.25, -0.2) is 9.97 Å². The molecule has 9 heteroatoms. The van der Waals surface area contributed by atoms with Crippen molar-refractivity contribution in [2.75, 3.05) is 11.9 Å². The number of hydrogen-bond acceptors (Lipinski definition) is 7. The second-order valence-electron chi connectivity index (χ2n) is 8.04. The summed E-state index contributed by atoms with van der Waals surface area (Å²) in [6.45, 7) is 6.61. The van der Waals surface area contributed by atoms with Crippen molar-refractivity contribution < 1.29 is 14.3 Å². The number of carbonyl (C=O) groups is 1. The van der Waals surface area contributed by atoms with Crippen LogP contribution in [0.4, 0.5) is 11.5 Å². The molecule has 2 aromatic heterocycles. The van der Waals surface area contributed by atoms with Crippen molar-refractivity contribution in [1.82, 2.24) is 25.5 Å². The van der Waals surface area contributed by atoms with E-state index in [9.17, 15) is 4.79 Å². The molecule has 9 nitrogen and oxygen atoms in total. The van der Waals surface area contributed by atoms with Crippen LogP contribution in [0, 0.1) is 0 Å². The topological polar surface area (TPSA) is 114 Å². The first-order valence-electron chi connectivity index (χ1n) is 9.65. The molecule has 3 aromatic rings. The Balaban J connectivity index is 1.55. The van der Waals surface area contributed by atoms with Crippen LogP contribution in [0.15, 0.2) is 36.7 Å². The van der Waals surface area contributed by atoms with Gasteiger partial charge in [0, 0.05) is 22.9 Å². The van der Waals surface area contributed by atoms with Crippen molar-refractivity contribution in [2.45, 2.75) is 39.5 Å². The zero-order valence-corrected chi connectivity index (χ0v) is 17.2. The molecule has 0 saturated carbocycles. The van der Waals surface area contributed by atoms with Crippen LogP contribution >= 0.6 is 0 Å². The van der Waals surface area contributed by atoms with Gasteiger partial charge in [-0.3, -0.25) is 9.89 Å². The Labute approximate surface area is 174 Å². The summed E-state index contributed by atoms with van der Waals surface area (Å²) in [5, 5.41) is 12.9. The molecule has 3 heterocycles. The molecule has 0 fully saturated rings. The number of aromatic amines is 1. The van der Waals surface area contributed by atoms with Gasteiger partial charge >= 0.3 is 0 Å². The molecule has 0 radical (unpaired) electrons. The third kappa shape index (κ3) is 4.74. The molecular formula is C21H24N6O3. The highest BCUT2D eigenvalue weighted by Gasteiger charge is 2.21. The lowest BCUT2D eigenvalue weighted by atomic mass is 10.1. The summed E-state index contributed by atoms with van der Waals surface area (Å²) in [6.07, 6.45) is 3.43. The fraction of sp³-hybridized carbons (Fsp3) is 0.333. The van der Waals surface area contributed by atoms with Crippen LogP contribution in [-0.2, 0) is 22.7 Å². The Morgan fingerprint density at radius 3 is 2.90 bits per heavy atom. The minimum atomic E-state index is -0.305. The Kier molecular flexibility index (Phi) is 5.37. The highest BCUT2D eigenvalue weighted by molar-refractivity contribution is 5.78. The van der Waals surface area contributed by atoms with Gasteiger partial charge in [0.15, 0.2) is 12.4 Å². The summed E-state index contributed by atoms with van der Waals surface area (Å²) in [7, 11) is 0. The van der Waals surface area contributed by atoms with Gasteiger partial charge in [0.2, 0.25) is 0 Å². The van der Waals surface area contributed by atoms with E-state index in [-0.39, 0.29) is 18.1 Å². The largest absolute Gasteiger partial charge is 0.484 e. The van der Waals surface area contributed by atoms with Gasteiger partial charge in [-0.1, -0.05) is 12.1 Å². The van der Waals surface area contributed by atoms with Gasteiger partial charge in [0.1, 0.15) is 11.6 Å². The van der Waals surface area contributed by atoms with Crippen LogP contribution in [0.1, 0.15) is 32.0 Å². The molecule has 0 bridgehead atoms. The standard InChI is InChI=1S/C21H24N6O3/c1-21(2,3)27-18(28)12-30-15-6-4-5-13(7-15)19-25-17-11-29-10-16(17)20(26-19)24-14-8-22-23-9-14/h4-9H,10-12H2,1-3H3,(H,22,23)(H,27,28)(H,24,25,26). The molecule has 0 aliphatic carbocycles. The summed E-state index contributed by atoms with van der Waals surface area (Å²) >= 11 is 0. The maximum atomic E-state index is 12.0. The first-order chi connectivity index (χ1) is 14.4. The minimum Gasteiger partial charge on any atom is -0.484 e. The van der Waals surface area contributed by atoms with Crippen LogP contribution in [0.25, 0.3) is 11.4 Å². The van der Waals surface area contributed by atoms with Gasteiger partial charge in [0.05, 0.1) is 30.8 Å². The predicted octanol–water partition coefficient (Wildman–Crippen LogP) is 2.93. The van der Waals surface area contributed by atoms with E-state index in [1.807, 2.05) is 39.0 Å². The summed E-state index contributed by atoms with van der Waals surface area (Å²) in [4.78, 5) is 21.4. The molecule has 4 rings (SSSR count). The number of ether oxygens (including phenoxy) is 2. The number of amides is 1. The van der Waals surface area contributed by atoms with Crippen LogP contribution in [-0.4, -0.2) is 38.2 Å². The van der Waals surface area contributed by atoms with E-state index in [0.29, 0.717) is 30.6 Å². The lowest BCUT2D eigenvalue weighted by Crippen LogP contribution is -2.43. The van der Waals surface area contributed by atoms with Crippen molar-refractivity contribution in [1.29, 1.82) is 0 Å². The van der Waals surface area contributed by atoms with Gasteiger partial charge in [0.25, 0.3) is 5.91 Å². The number of carbonyl (C=O) groups excluding carboxylic acids is 1. The third-order valence-electron chi connectivity index (χ3n) is 4.32. The number of anilines is 2. The maximum Gasteiger partial charge on any atom is 0.258 e. The van der Waals surface area contributed by atoms with E-state index in [4.69, 9.17) is 14.5 Å². The molecular weight excluding hydrogens is 384 g/mol. The van der Waals surface area contributed by atoms with Gasteiger partial charge in [-0.05, 0) is 32.9 Å². The first kappa shape index (κ1) is 19.8. The van der Waals surface area contributed by atoms with Crippen molar-refractivity contribution in [3.63, 3.8) is 0 Å². The number of fused-ring (bicyclic) bond motifs is 1. The van der Waals surface area contributed by atoms with E-state index in [2.05, 4.69) is 25.8 Å². The number of nitrogens with zero attached hydrogens (tertiary/aromatic N) is 3. The van der Waals surface area contributed by atoms with E-state index in [0.717, 1.165) is 22.5 Å². The number of nitrogens with one attached hydrogen (secondary N) is 3. The quantitative estimate of drug-likeness (QED) is 0.574. The molecule has 0 unspecified atom stereocenters. The van der Waals surface area contributed by atoms with Crippen molar-refractivity contribution >= 4 is 17.4 Å². The highest BCUT2D eigenvalue weighted by atomic mass is 16.5. The van der Waals surface area contributed by atoms with Crippen molar-refractivity contribution in [3.05, 3.63) is 47.9 Å². The third-order valence-corrected chi connectivity index (χ3v) is 4.32. The Hall–Kier alpha value is -3.46. The van der Waals surface area contributed by atoms with E-state index < -0.39 is 0 Å². The number of aromatic nitrogens is 4. The summed E-state index contributed by atoms with van der Waals surface area (Å²) in [5.74, 6) is 1.63. The second kappa shape index (κ2) is 8.11.